The minimum absolute atomic E-state index is 0.00323. The third-order valence-electron chi connectivity index (χ3n) is 13.0. The summed E-state index contributed by atoms with van der Waals surface area (Å²) in [6, 6.07) is -8.56. The SMILES string of the molecule is CC(=O)[C@@H](CC(C)C)NC(=O)[C@H](CO)NC(=O)[C@H](Cc1cnc[nH]1)NC(=O)[C@H](CO)NC(=O)[C@H](CCCN=C(N)N)NC(=O)[C@H](CCC(N)=O)NC(=O)COCCOCCNC(=O)CCCCCCCCCCCCCCCc1nn[nH]n1. The zero-order chi connectivity index (χ0) is 61.2. The van der Waals surface area contributed by atoms with Crippen molar-refractivity contribution in [1.29, 1.82) is 0 Å². The molecular formula is C53H93N17O13. The molecule has 8 amide bonds. The number of guanidine groups is 1. The summed E-state index contributed by atoms with van der Waals surface area (Å²) >= 11 is 0. The van der Waals surface area contributed by atoms with Crippen LogP contribution < -0.4 is 54.4 Å². The molecular weight excluding hydrogens is 1080 g/mol. The molecule has 2 rings (SSSR count). The molecule has 83 heavy (non-hydrogen) atoms. The van der Waals surface area contributed by atoms with Crippen molar-refractivity contribution in [3.63, 3.8) is 0 Å². The maximum Gasteiger partial charge on any atom is 0.246 e. The molecule has 0 unspecified atom stereocenters. The first kappa shape index (κ1) is 71.9. The van der Waals surface area contributed by atoms with Crippen molar-refractivity contribution in [1.82, 2.24) is 67.8 Å². The zero-order valence-electron chi connectivity index (χ0n) is 48.6. The Morgan fingerprint density at radius 2 is 1.14 bits per heavy atom. The van der Waals surface area contributed by atoms with Crippen molar-refractivity contribution in [2.45, 2.75) is 192 Å². The van der Waals surface area contributed by atoms with Crippen molar-refractivity contribution >= 4 is 59.0 Å². The summed E-state index contributed by atoms with van der Waals surface area (Å²) in [6.45, 7) is 3.16. The van der Waals surface area contributed by atoms with Gasteiger partial charge in [0.05, 0.1) is 45.4 Å². The lowest BCUT2D eigenvalue weighted by molar-refractivity contribution is -0.136. The molecule has 468 valence electrons. The molecule has 30 nitrogen and oxygen atoms in total. The van der Waals surface area contributed by atoms with Crippen molar-refractivity contribution in [3.05, 3.63) is 24.0 Å². The standard InChI is InChI=1S/C53H93N17O13/c1-35(2)28-40(36(3)73)63-51(80)42(31-71)66-50(79)41(29-37-30-57-34-60-37)64-52(81)43(32-72)65-48(77)38(18-17-23-59-53(55)56)62-49(78)39(21-22-44(54)74)61-47(76)33-83-27-26-82-25-24-58-46(75)20-16-14-12-10-8-6-4-5-7-9-11-13-15-19-45-67-69-70-68-45/h30,34-35,38-43,71-72H,4-29,31-33H2,1-3H3,(H2,54,74)(H,57,60)(H,58,75)(H,61,76)(H,62,78)(H,63,80)(H,64,81)(H,65,77)(H,66,79)(H4,55,56,59)(H,67,68,69,70)/t38-,39-,40+,41-,42-,43-/m0/s1. The van der Waals surface area contributed by atoms with Crippen LogP contribution in [-0.4, -0.2) is 189 Å². The van der Waals surface area contributed by atoms with Gasteiger partial charge in [0, 0.05) is 50.7 Å². The molecule has 0 aromatic carbocycles. The van der Waals surface area contributed by atoms with Gasteiger partial charge in [-0.3, -0.25) is 48.1 Å². The number of H-pyrrole nitrogens is 2. The lowest BCUT2D eigenvalue weighted by atomic mass is 10.0. The highest BCUT2D eigenvalue weighted by atomic mass is 16.5. The molecule has 2 heterocycles. The van der Waals surface area contributed by atoms with Gasteiger partial charge in [-0.1, -0.05) is 89.7 Å². The average Bonchev–Trinajstić information content (AvgIpc) is 4.26. The molecule has 2 aromatic heterocycles. The van der Waals surface area contributed by atoms with Gasteiger partial charge in [-0.05, 0) is 51.4 Å². The van der Waals surface area contributed by atoms with E-state index in [1.54, 1.807) is 0 Å². The summed E-state index contributed by atoms with van der Waals surface area (Å²) in [5.74, 6) is -6.22. The fourth-order valence-corrected chi connectivity index (χ4v) is 8.47. The van der Waals surface area contributed by atoms with Crippen LogP contribution in [0.4, 0.5) is 0 Å². The van der Waals surface area contributed by atoms with Crippen molar-refractivity contribution in [2.75, 3.05) is 52.7 Å². The van der Waals surface area contributed by atoms with Gasteiger partial charge in [0.2, 0.25) is 47.3 Å². The molecule has 0 fully saturated rings. The lowest BCUT2D eigenvalue weighted by Gasteiger charge is -2.26. The van der Waals surface area contributed by atoms with Crippen LogP contribution in [0, 0.1) is 5.92 Å². The average molecular weight is 1180 g/mol. The fraction of sp³-hybridized carbons (Fsp3) is 0.736. The molecule has 0 spiro atoms. The first-order chi connectivity index (χ1) is 39.8. The Morgan fingerprint density at radius 3 is 1.67 bits per heavy atom. The van der Waals surface area contributed by atoms with Crippen LogP contribution in [0.1, 0.15) is 154 Å². The number of carbonyl (C=O) groups excluding carboxylic acids is 9. The molecule has 2 aromatic rings. The molecule has 17 N–H and O–H groups in total. The second kappa shape index (κ2) is 43.5. The number of hydrogen-bond donors (Lipinski definition) is 14. The van der Waals surface area contributed by atoms with Gasteiger partial charge in [0.25, 0.3) is 0 Å². The number of nitrogens with two attached hydrogens (primary N) is 3. The van der Waals surface area contributed by atoms with Gasteiger partial charge in [-0.15, -0.1) is 10.2 Å². The molecule has 0 saturated carbocycles. The third kappa shape index (κ3) is 34.1. The largest absolute Gasteiger partial charge is 0.394 e. The summed E-state index contributed by atoms with van der Waals surface area (Å²) in [5.41, 5.74) is 16.6. The van der Waals surface area contributed by atoms with E-state index in [2.05, 4.69) is 72.8 Å². The van der Waals surface area contributed by atoms with Crippen molar-refractivity contribution in [3.8, 4) is 0 Å². The molecule has 0 radical (unpaired) electrons. The van der Waals surface area contributed by atoms with Gasteiger partial charge >= 0.3 is 0 Å². The number of nitrogens with one attached hydrogen (secondary N) is 9. The smallest absolute Gasteiger partial charge is 0.246 e. The summed E-state index contributed by atoms with van der Waals surface area (Å²) in [7, 11) is 0. The number of Topliss-reactive ketones (excluding diaryl/α,β-unsaturated/α-hetero) is 1. The Balaban J connectivity index is 1.85. The minimum atomic E-state index is -1.74. The molecule has 30 heteroatoms. The lowest BCUT2D eigenvalue weighted by Crippen LogP contribution is -2.61. The van der Waals surface area contributed by atoms with E-state index >= 15 is 0 Å². The van der Waals surface area contributed by atoms with Crippen LogP contribution in [0.15, 0.2) is 17.5 Å². The monoisotopic (exact) mass is 1180 g/mol. The number of tetrazole rings is 1. The first-order valence-electron chi connectivity index (χ1n) is 28.8. The van der Waals surface area contributed by atoms with E-state index in [9.17, 15) is 53.4 Å². The number of aliphatic hydroxyl groups excluding tert-OH is 2. The van der Waals surface area contributed by atoms with E-state index in [4.69, 9.17) is 26.7 Å². The number of unbranched alkanes of at least 4 members (excludes halogenated alkanes) is 12. The quantitative estimate of drug-likeness (QED) is 0.0197. The maximum absolute atomic E-state index is 13.9. The van der Waals surface area contributed by atoms with Crippen LogP contribution in [0.25, 0.3) is 0 Å². The van der Waals surface area contributed by atoms with Crippen LogP contribution in [0.3, 0.4) is 0 Å². The normalized spacial score (nSPS) is 13.3. The minimum Gasteiger partial charge on any atom is -0.394 e. The Hall–Kier alpha value is -7.18. The Morgan fingerprint density at radius 1 is 0.614 bits per heavy atom. The Kier molecular flexibility index (Phi) is 37.7. The van der Waals surface area contributed by atoms with E-state index < -0.39 is 97.4 Å². The molecule has 0 bridgehead atoms. The number of primary amides is 1. The Bertz CT molecular complexity index is 2230. The van der Waals surface area contributed by atoms with E-state index in [0.29, 0.717) is 25.1 Å². The predicted octanol–water partition coefficient (Wildman–Crippen LogP) is -1.83. The second-order valence-electron chi connectivity index (χ2n) is 20.7. The van der Waals surface area contributed by atoms with Crippen molar-refractivity contribution < 1.29 is 62.8 Å². The maximum atomic E-state index is 13.9. The van der Waals surface area contributed by atoms with Gasteiger partial charge in [-0.2, -0.15) is 5.21 Å². The summed E-state index contributed by atoms with van der Waals surface area (Å²) in [6.07, 6.45) is 18.4. The molecule has 0 aliphatic rings. The van der Waals surface area contributed by atoms with Gasteiger partial charge in [-0.25, -0.2) is 4.98 Å². The van der Waals surface area contributed by atoms with Gasteiger partial charge in [0.15, 0.2) is 17.6 Å². The molecule has 0 aliphatic heterocycles. The van der Waals surface area contributed by atoms with Crippen molar-refractivity contribution in [2.24, 2.45) is 28.1 Å². The number of ether oxygens (including phenoxy) is 2. The highest BCUT2D eigenvalue weighted by molar-refractivity contribution is 5.97. The fourth-order valence-electron chi connectivity index (χ4n) is 8.47. The topological polar surface area (TPSA) is 470 Å². The van der Waals surface area contributed by atoms with Crippen LogP contribution in [-0.2, 0) is 65.5 Å². The highest BCUT2D eigenvalue weighted by Crippen LogP contribution is 2.14. The van der Waals surface area contributed by atoms with Crippen LogP contribution >= 0.6 is 0 Å². The number of rotatable bonds is 49. The number of carbonyl (C=O) groups is 9. The zero-order valence-corrected chi connectivity index (χ0v) is 48.6. The molecule has 0 aliphatic carbocycles. The number of amides is 8. The number of aromatic amines is 2. The first-order valence-corrected chi connectivity index (χ1v) is 28.8. The third-order valence-corrected chi connectivity index (χ3v) is 13.0. The second-order valence-corrected chi connectivity index (χ2v) is 20.7. The van der Waals surface area contributed by atoms with Crippen LogP contribution in [0.2, 0.25) is 0 Å². The summed E-state index contributed by atoms with van der Waals surface area (Å²) < 4.78 is 10.9. The molecule has 0 saturated heterocycles. The summed E-state index contributed by atoms with van der Waals surface area (Å²) in [5, 5.41) is 51.9. The van der Waals surface area contributed by atoms with Gasteiger partial charge in [0.1, 0.15) is 36.8 Å². The highest BCUT2D eigenvalue weighted by Gasteiger charge is 2.33. The number of imidazole rings is 1. The van der Waals surface area contributed by atoms with Gasteiger partial charge < -0.3 is 79.1 Å². The Labute approximate surface area is 485 Å². The predicted molar refractivity (Wildman–Crippen MR) is 304 cm³/mol. The van der Waals surface area contributed by atoms with Crippen LogP contribution in [0.5, 0.6) is 0 Å². The number of aryl methyl sites for hydroxylation is 1. The van der Waals surface area contributed by atoms with E-state index in [0.717, 1.165) is 37.9 Å². The number of ketones is 1. The number of aliphatic hydroxyl groups is 2. The number of aromatic nitrogens is 6. The summed E-state index contributed by atoms with van der Waals surface area (Å²) in [4.78, 5) is 128. The molecule has 6 atom stereocenters. The van der Waals surface area contributed by atoms with E-state index in [1.807, 2.05) is 13.8 Å². The van der Waals surface area contributed by atoms with E-state index in [-0.39, 0.29) is 82.0 Å². The number of nitrogens with zero attached hydrogens (tertiary/aromatic N) is 5. The number of aliphatic imine (C=N–C) groups is 1. The van der Waals surface area contributed by atoms with E-state index in [1.165, 1.54) is 77.2 Å². The number of hydrogen-bond acceptors (Lipinski definition) is 18.